The normalized spacial score (nSPS) is 12.2. The molecule has 0 saturated heterocycles. The van der Waals surface area contributed by atoms with Crippen molar-refractivity contribution < 1.29 is 19.0 Å². The van der Waals surface area contributed by atoms with Gasteiger partial charge in [0.05, 0.1) is 12.2 Å². The third kappa shape index (κ3) is 3.42. The number of hydrogen-bond acceptors (Lipinski definition) is 4. The number of anilines is 1. The van der Waals surface area contributed by atoms with Gasteiger partial charge in [-0.15, -0.1) is 0 Å². The standard InChI is InChI=1S/C12H16FNO3/c1-7(5-15)6-17-12(16)10-4-9(14)3-8(2)11(10)13/h3-4,7,15H,5-6,14H2,1-2H3. The van der Waals surface area contributed by atoms with E-state index in [2.05, 4.69) is 0 Å². The average Bonchev–Trinajstić information content (AvgIpc) is 2.30. The van der Waals surface area contributed by atoms with Crippen LogP contribution in [-0.4, -0.2) is 24.3 Å². The zero-order chi connectivity index (χ0) is 13.0. The van der Waals surface area contributed by atoms with Gasteiger partial charge in [-0.25, -0.2) is 9.18 Å². The fourth-order valence-electron chi connectivity index (χ4n) is 1.29. The lowest BCUT2D eigenvalue weighted by atomic mass is 10.1. The molecule has 1 aromatic carbocycles. The van der Waals surface area contributed by atoms with Crippen LogP contribution in [0.2, 0.25) is 0 Å². The highest BCUT2D eigenvalue weighted by Crippen LogP contribution is 2.18. The van der Waals surface area contributed by atoms with E-state index in [0.29, 0.717) is 11.3 Å². The van der Waals surface area contributed by atoms with Crippen LogP contribution in [0.4, 0.5) is 10.1 Å². The van der Waals surface area contributed by atoms with E-state index in [9.17, 15) is 9.18 Å². The van der Waals surface area contributed by atoms with Gasteiger partial charge in [-0.05, 0) is 24.6 Å². The molecular weight excluding hydrogens is 225 g/mol. The first-order valence-corrected chi connectivity index (χ1v) is 5.29. The van der Waals surface area contributed by atoms with Gasteiger partial charge in [0.2, 0.25) is 0 Å². The number of carbonyl (C=O) groups is 1. The quantitative estimate of drug-likeness (QED) is 0.619. The van der Waals surface area contributed by atoms with Gasteiger partial charge in [0.1, 0.15) is 5.82 Å². The summed E-state index contributed by atoms with van der Waals surface area (Å²) in [5, 5.41) is 8.78. The monoisotopic (exact) mass is 241 g/mol. The molecule has 17 heavy (non-hydrogen) atoms. The summed E-state index contributed by atoms with van der Waals surface area (Å²) in [5.41, 5.74) is 5.97. The number of aliphatic hydroxyl groups excluding tert-OH is 1. The van der Waals surface area contributed by atoms with E-state index in [0.717, 1.165) is 0 Å². The largest absolute Gasteiger partial charge is 0.462 e. The first-order chi connectivity index (χ1) is 7.95. The van der Waals surface area contributed by atoms with Gasteiger partial charge in [-0.3, -0.25) is 0 Å². The van der Waals surface area contributed by atoms with Gasteiger partial charge in [0, 0.05) is 18.2 Å². The number of benzene rings is 1. The van der Waals surface area contributed by atoms with Crippen LogP contribution in [0.25, 0.3) is 0 Å². The maximum Gasteiger partial charge on any atom is 0.341 e. The van der Waals surface area contributed by atoms with Gasteiger partial charge in [0.15, 0.2) is 0 Å². The number of rotatable bonds is 4. The minimum absolute atomic E-state index is 0.0443. The SMILES string of the molecule is Cc1cc(N)cc(C(=O)OCC(C)CO)c1F. The van der Waals surface area contributed by atoms with E-state index in [1.807, 2.05) is 0 Å². The molecule has 94 valence electrons. The van der Waals surface area contributed by atoms with Gasteiger partial charge < -0.3 is 15.6 Å². The predicted molar refractivity (Wildman–Crippen MR) is 62.1 cm³/mol. The Labute approximate surface area is 99.2 Å². The van der Waals surface area contributed by atoms with Crippen molar-refractivity contribution in [2.45, 2.75) is 13.8 Å². The number of nitrogen functional groups attached to an aromatic ring is 1. The smallest absolute Gasteiger partial charge is 0.341 e. The summed E-state index contributed by atoms with van der Waals surface area (Å²) in [5.74, 6) is -1.57. The Kier molecular flexibility index (Phi) is 4.45. The number of aryl methyl sites for hydroxylation is 1. The van der Waals surface area contributed by atoms with Crippen molar-refractivity contribution in [3.63, 3.8) is 0 Å². The Bertz CT molecular complexity index is 420. The highest BCUT2D eigenvalue weighted by Gasteiger charge is 2.16. The van der Waals surface area contributed by atoms with Gasteiger partial charge in [-0.1, -0.05) is 6.92 Å². The zero-order valence-corrected chi connectivity index (χ0v) is 9.87. The molecule has 1 atom stereocenters. The molecule has 0 spiro atoms. The van der Waals surface area contributed by atoms with Crippen LogP contribution in [0, 0.1) is 18.7 Å². The molecule has 3 N–H and O–H groups in total. The van der Waals surface area contributed by atoms with Gasteiger partial charge in [0.25, 0.3) is 0 Å². The molecule has 5 heteroatoms. The molecule has 0 aliphatic heterocycles. The van der Waals surface area contributed by atoms with Crippen LogP contribution in [-0.2, 0) is 4.74 Å². The topological polar surface area (TPSA) is 72.6 Å². The van der Waals surface area contributed by atoms with Crippen molar-refractivity contribution in [3.05, 3.63) is 29.1 Å². The van der Waals surface area contributed by atoms with Crippen molar-refractivity contribution in [2.75, 3.05) is 18.9 Å². The van der Waals surface area contributed by atoms with Gasteiger partial charge >= 0.3 is 5.97 Å². The zero-order valence-electron chi connectivity index (χ0n) is 9.87. The fourth-order valence-corrected chi connectivity index (χ4v) is 1.29. The summed E-state index contributed by atoms with van der Waals surface area (Å²) in [7, 11) is 0. The minimum Gasteiger partial charge on any atom is -0.462 e. The first-order valence-electron chi connectivity index (χ1n) is 5.29. The number of nitrogens with two attached hydrogens (primary N) is 1. The van der Waals surface area contributed by atoms with Crippen molar-refractivity contribution in [2.24, 2.45) is 5.92 Å². The molecule has 0 amide bonds. The maximum atomic E-state index is 13.6. The van der Waals surface area contributed by atoms with Crippen LogP contribution < -0.4 is 5.73 Å². The van der Waals surface area contributed by atoms with E-state index in [4.69, 9.17) is 15.6 Å². The lowest BCUT2D eigenvalue weighted by molar-refractivity contribution is 0.0400. The second kappa shape index (κ2) is 5.63. The Morgan fingerprint density at radius 1 is 1.59 bits per heavy atom. The summed E-state index contributed by atoms with van der Waals surface area (Å²) in [6.07, 6.45) is 0. The van der Waals surface area contributed by atoms with E-state index in [-0.39, 0.29) is 24.7 Å². The summed E-state index contributed by atoms with van der Waals surface area (Å²) in [6, 6.07) is 2.69. The molecule has 0 heterocycles. The summed E-state index contributed by atoms with van der Waals surface area (Å²) < 4.78 is 18.5. The highest BCUT2D eigenvalue weighted by molar-refractivity contribution is 5.91. The molecule has 0 fully saturated rings. The molecule has 0 bridgehead atoms. The number of ether oxygens (including phenoxy) is 1. The third-order valence-corrected chi connectivity index (χ3v) is 2.31. The molecule has 0 saturated carbocycles. The van der Waals surface area contributed by atoms with Crippen molar-refractivity contribution in [3.8, 4) is 0 Å². The Hall–Kier alpha value is -1.62. The van der Waals surface area contributed by atoms with E-state index >= 15 is 0 Å². The Balaban J connectivity index is 2.82. The lowest BCUT2D eigenvalue weighted by Crippen LogP contribution is -2.16. The molecular formula is C12H16FNO3. The number of hydrogen-bond donors (Lipinski definition) is 2. The minimum atomic E-state index is -0.766. The predicted octanol–water partition coefficient (Wildman–Crippen LogP) is 1.50. The van der Waals surface area contributed by atoms with Gasteiger partial charge in [-0.2, -0.15) is 0 Å². The Morgan fingerprint density at radius 2 is 2.24 bits per heavy atom. The van der Waals surface area contributed by atoms with Crippen molar-refractivity contribution in [1.29, 1.82) is 0 Å². The molecule has 1 aromatic rings. The molecule has 0 radical (unpaired) electrons. The van der Waals surface area contributed by atoms with Crippen LogP contribution >= 0.6 is 0 Å². The number of aliphatic hydroxyl groups is 1. The van der Waals surface area contributed by atoms with Crippen LogP contribution in [0.1, 0.15) is 22.8 Å². The summed E-state index contributed by atoms with van der Waals surface area (Å²) in [6.45, 7) is 3.20. The first kappa shape index (κ1) is 13.4. The van der Waals surface area contributed by atoms with Crippen LogP contribution in [0.5, 0.6) is 0 Å². The van der Waals surface area contributed by atoms with E-state index in [1.54, 1.807) is 6.92 Å². The van der Waals surface area contributed by atoms with Crippen molar-refractivity contribution in [1.82, 2.24) is 0 Å². The average molecular weight is 241 g/mol. The summed E-state index contributed by atoms with van der Waals surface area (Å²) >= 11 is 0. The molecule has 1 unspecified atom stereocenters. The molecule has 0 aliphatic rings. The second-order valence-corrected chi connectivity index (χ2v) is 4.09. The fraction of sp³-hybridized carbons (Fsp3) is 0.417. The van der Waals surface area contributed by atoms with Crippen molar-refractivity contribution >= 4 is 11.7 Å². The van der Waals surface area contributed by atoms with Crippen LogP contribution in [0.15, 0.2) is 12.1 Å². The molecule has 0 aliphatic carbocycles. The Morgan fingerprint density at radius 3 is 2.82 bits per heavy atom. The van der Waals surface area contributed by atoms with Crippen LogP contribution in [0.3, 0.4) is 0 Å². The molecule has 1 rings (SSSR count). The molecule has 0 aromatic heterocycles. The highest BCUT2D eigenvalue weighted by atomic mass is 19.1. The number of esters is 1. The number of carbonyl (C=O) groups excluding carboxylic acids is 1. The van der Waals surface area contributed by atoms with E-state index < -0.39 is 11.8 Å². The number of halogens is 1. The third-order valence-electron chi connectivity index (χ3n) is 2.31. The second-order valence-electron chi connectivity index (χ2n) is 4.09. The molecule has 4 nitrogen and oxygen atoms in total. The lowest BCUT2D eigenvalue weighted by Gasteiger charge is -2.10. The summed E-state index contributed by atoms with van der Waals surface area (Å²) in [4.78, 5) is 11.6. The van der Waals surface area contributed by atoms with E-state index in [1.165, 1.54) is 19.1 Å². The maximum absolute atomic E-state index is 13.6.